The van der Waals surface area contributed by atoms with Crippen molar-refractivity contribution in [2.75, 3.05) is 0 Å². The number of phenolic OH excluding ortho intramolecular Hbond substituents is 1. The van der Waals surface area contributed by atoms with E-state index in [2.05, 4.69) is 30.3 Å². The second-order valence-corrected chi connectivity index (χ2v) is 8.28. The lowest BCUT2D eigenvalue weighted by molar-refractivity contribution is 0.0699. The topological polar surface area (TPSA) is 57.5 Å². The van der Waals surface area contributed by atoms with Crippen LogP contribution in [0.2, 0.25) is 0 Å². The fraction of sp³-hybridized carbons (Fsp3) is 0.138. The van der Waals surface area contributed by atoms with E-state index in [4.69, 9.17) is 5.11 Å². The zero-order valence-corrected chi connectivity index (χ0v) is 17.7. The lowest BCUT2D eigenvalue weighted by Gasteiger charge is -2.19. The van der Waals surface area contributed by atoms with Crippen LogP contribution in [0, 0.1) is 0 Å². The van der Waals surface area contributed by atoms with Crippen LogP contribution in [0.15, 0.2) is 84.9 Å². The van der Waals surface area contributed by atoms with Gasteiger partial charge in [0.2, 0.25) is 0 Å². The Balaban J connectivity index is 0.000000146. The molecule has 3 heteroatoms. The number of carboxylic acid groups (broad SMARTS) is 1. The average Bonchev–Trinajstić information content (AvgIpc) is 2.83. The second-order valence-electron chi connectivity index (χ2n) is 8.28. The van der Waals surface area contributed by atoms with Gasteiger partial charge in [-0.15, -0.1) is 0 Å². The lowest BCUT2D eigenvalue weighted by atomic mass is 9.86. The van der Waals surface area contributed by atoms with Crippen molar-refractivity contribution in [2.24, 2.45) is 0 Å². The summed E-state index contributed by atoms with van der Waals surface area (Å²) >= 11 is 0. The van der Waals surface area contributed by atoms with Gasteiger partial charge < -0.3 is 10.2 Å². The highest BCUT2D eigenvalue weighted by Gasteiger charge is 2.16. The molecule has 0 atom stereocenters. The smallest absolute Gasteiger partial charge is 0.336 e. The summed E-state index contributed by atoms with van der Waals surface area (Å²) in [4.78, 5) is 10.8. The van der Waals surface area contributed by atoms with Crippen LogP contribution in [0.1, 0.15) is 34.3 Å². The number of fused-ring (bicyclic) bond motifs is 6. The molecule has 0 heterocycles. The minimum Gasteiger partial charge on any atom is -0.507 e. The van der Waals surface area contributed by atoms with Gasteiger partial charge in [0.15, 0.2) is 0 Å². The lowest BCUT2D eigenvalue weighted by Crippen LogP contribution is -2.03. The van der Waals surface area contributed by atoms with Crippen molar-refractivity contribution in [3.63, 3.8) is 0 Å². The number of carboxylic acids is 1. The van der Waals surface area contributed by atoms with Gasteiger partial charge in [-0.1, -0.05) is 72.8 Å². The average molecular weight is 421 g/mol. The van der Waals surface area contributed by atoms with Gasteiger partial charge in [-0.25, -0.2) is 4.79 Å². The van der Waals surface area contributed by atoms with Gasteiger partial charge >= 0.3 is 5.97 Å². The van der Waals surface area contributed by atoms with Gasteiger partial charge in [0.05, 0.1) is 5.56 Å². The van der Waals surface area contributed by atoms with Crippen LogP contribution in [-0.2, 0) is 12.8 Å². The van der Waals surface area contributed by atoms with E-state index in [-0.39, 0.29) is 0 Å². The summed E-state index contributed by atoms with van der Waals surface area (Å²) in [6, 6.07) is 27.4. The zero-order valence-electron chi connectivity index (χ0n) is 17.7. The van der Waals surface area contributed by atoms with E-state index in [1.807, 2.05) is 42.5 Å². The summed E-state index contributed by atoms with van der Waals surface area (Å²) in [5.74, 6) is -0.441. The quantitative estimate of drug-likeness (QED) is 0.284. The Bertz CT molecular complexity index is 1460. The van der Waals surface area contributed by atoms with Gasteiger partial charge in [-0.05, 0) is 75.9 Å². The summed E-state index contributed by atoms with van der Waals surface area (Å²) < 4.78 is 0. The number of aromatic carboxylic acids is 1. The first-order valence-electron chi connectivity index (χ1n) is 11.0. The van der Waals surface area contributed by atoms with Crippen LogP contribution in [0.3, 0.4) is 0 Å². The molecule has 158 valence electrons. The number of aromatic hydroxyl groups is 1. The molecule has 1 aliphatic rings. The molecule has 0 aliphatic heterocycles. The van der Waals surface area contributed by atoms with Gasteiger partial charge in [-0.2, -0.15) is 0 Å². The Morgan fingerprint density at radius 2 is 1.38 bits per heavy atom. The van der Waals surface area contributed by atoms with Crippen molar-refractivity contribution >= 4 is 38.3 Å². The zero-order chi connectivity index (χ0) is 22.1. The van der Waals surface area contributed by atoms with E-state index in [0.717, 1.165) is 34.4 Å². The normalized spacial score (nSPS) is 12.9. The van der Waals surface area contributed by atoms with Gasteiger partial charge in [0.25, 0.3) is 0 Å². The summed E-state index contributed by atoms with van der Waals surface area (Å²) in [6.07, 6.45) is 4.75. The number of rotatable bonds is 1. The molecule has 3 nitrogen and oxygen atoms in total. The highest BCUT2D eigenvalue weighted by Crippen LogP contribution is 2.38. The van der Waals surface area contributed by atoms with E-state index in [0.29, 0.717) is 11.3 Å². The SMILES string of the molecule is O=C(O)c1cccc2ccccc12.Oc1cc2ccccc2c2ccc3c(c12)CCCC3. The second kappa shape index (κ2) is 8.35. The molecule has 0 spiro atoms. The van der Waals surface area contributed by atoms with Crippen molar-refractivity contribution in [3.05, 3.63) is 102 Å². The molecule has 6 rings (SSSR count). The third-order valence-corrected chi connectivity index (χ3v) is 6.35. The summed E-state index contributed by atoms with van der Waals surface area (Å²) in [5, 5.41) is 25.7. The molecule has 0 radical (unpaired) electrons. The number of phenols is 1. The molecule has 5 aromatic carbocycles. The Kier molecular flexibility index (Phi) is 5.24. The number of hydrogen-bond donors (Lipinski definition) is 2. The fourth-order valence-corrected chi connectivity index (χ4v) is 4.84. The first-order valence-corrected chi connectivity index (χ1v) is 11.0. The first kappa shape index (κ1) is 20.1. The summed E-state index contributed by atoms with van der Waals surface area (Å²) in [6.45, 7) is 0. The standard InChI is InChI=1S/C18H16O.C11H8O2/c19-17-11-13-6-2-3-7-14(13)16-10-9-12-5-1-4-8-15(12)18(16)17;12-11(13)10-7-3-5-8-4-1-2-6-9(8)10/h2-3,6-7,9-11,19H,1,4-5,8H2;1-7H,(H,12,13). The van der Waals surface area contributed by atoms with Crippen LogP contribution in [-0.4, -0.2) is 16.2 Å². The van der Waals surface area contributed by atoms with Crippen LogP contribution < -0.4 is 0 Å². The van der Waals surface area contributed by atoms with Gasteiger partial charge in [-0.3, -0.25) is 0 Å². The molecule has 0 saturated heterocycles. The number of carbonyl (C=O) groups is 1. The number of aryl methyl sites for hydroxylation is 2. The molecule has 0 amide bonds. The number of hydrogen-bond acceptors (Lipinski definition) is 2. The summed E-state index contributed by atoms with van der Waals surface area (Å²) in [5.41, 5.74) is 3.15. The first-order chi connectivity index (χ1) is 15.6. The third kappa shape index (κ3) is 3.56. The van der Waals surface area contributed by atoms with E-state index >= 15 is 0 Å². The van der Waals surface area contributed by atoms with Crippen LogP contribution >= 0.6 is 0 Å². The van der Waals surface area contributed by atoms with E-state index in [1.54, 1.807) is 12.1 Å². The molecule has 5 aromatic rings. The third-order valence-electron chi connectivity index (χ3n) is 6.35. The van der Waals surface area contributed by atoms with Crippen LogP contribution in [0.5, 0.6) is 5.75 Å². The maximum absolute atomic E-state index is 10.8. The van der Waals surface area contributed by atoms with Crippen molar-refractivity contribution in [3.8, 4) is 5.75 Å². The van der Waals surface area contributed by atoms with Gasteiger partial charge in [0.1, 0.15) is 5.75 Å². The highest BCUT2D eigenvalue weighted by atomic mass is 16.4. The van der Waals surface area contributed by atoms with E-state index < -0.39 is 5.97 Å². The molecular formula is C29H24O3. The molecule has 0 bridgehead atoms. The van der Waals surface area contributed by atoms with Crippen LogP contribution in [0.25, 0.3) is 32.3 Å². The van der Waals surface area contributed by atoms with E-state index in [9.17, 15) is 9.90 Å². The molecule has 0 saturated carbocycles. The maximum atomic E-state index is 10.8. The monoisotopic (exact) mass is 420 g/mol. The molecule has 32 heavy (non-hydrogen) atoms. The maximum Gasteiger partial charge on any atom is 0.336 e. The number of benzene rings is 5. The van der Waals surface area contributed by atoms with Crippen molar-refractivity contribution in [2.45, 2.75) is 25.7 Å². The Morgan fingerprint density at radius 1 is 0.688 bits per heavy atom. The van der Waals surface area contributed by atoms with Crippen molar-refractivity contribution in [1.82, 2.24) is 0 Å². The molecular weight excluding hydrogens is 396 g/mol. The molecule has 0 aromatic heterocycles. The fourth-order valence-electron chi connectivity index (χ4n) is 4.84. The predicted octanol–water partition coefficient (Wildman–Crippen LogP) is 7.12. The minimum absolute atomic E-state index is 0.359. The Morgan fingerprint density at radius 3 is 2.19 bits per heavy atom. The predicted molar refractivity (Wildman–Crippen MR) is 131 cm³/mol. The Hall–Kier alpha value is -3.85. The van der Waals surface area contributed by atoms with E-state index in [1.165, 1.54) is 34.7 Å². The molecule has 1 aliphatic carbocycles. The largest absolute Gasteiger partial charge is 0.507 e. The van der Waals surface area contributed by atoms with Crippen molar-refractivity contribution in [1.29, 1.82) is 0 Å². The van der Waals surface area contributed by atoms with Gasteiger partial charge in [0, 0.05) is 5.39 Å². The van der Waals surface area contributed by atoms with Crippen LogP contribution in [0.4, 0.5) is 0 Å². The molecule has 2 N–H and O–H groups in total. The molecule has 0 unspecified atom stereocenters. The summed E-state index contributed by atoms with van der Waals surface area (Å²) in [7, 11) is 0. The Labute approximate surface area is 186 Å². The minimum atomic E-state index is -0.878. The molecule has 0 fully saturated rings. The van der Waals surface area contributed by atoms with Crippen molar-refractivity contribution < 1.29 is 15.0 Å². The highest BCUT2D eigenvalue weighted by molar-refractivity contribution is 6.11.